The largest absolute Gasteiger partial charge is 0.468 e. The van der Waals surface area contributed by atoms with Gasteiger partial charge in [-0.15, -0.1) is 0 Å². The smallest absolute Gasteiger partial charge is 0.340 e. The van der Waals surface area contributed by atoms with E-state index in [4.69, 9.17) is 16.2 Å². The Morgan fingerprint density at radius 2 is 2.04 bits per heavy atom. The zero-order valence-corrected chi connectivity index (χ0v) is 13.9. The lowest BCUT2D eigenvalue weighted by Crippen LogP contribution is -2.32. The van der Waals surface area contributed by atoms with Gasteiger partial charge in [-0.2, -0.15) is 0 Å². The van der Waals surface area contributed by atoms with E-state index in [9.17, 15) is 14.0 Å². The zero-order chi connectivity index (χ0) is 17.6. The molecule has 0 bridgehead atoms. The zero-order valence-electron chi connectivity index (χ0n) is 13.0. The van der Waals surface area contributed by atoms with Crippen LogP contribution in [-0.4, -0.2) is 36.1 Å². The Hall–Kier alpha value is -2.29. The van der Waals surface area contributed by atoms with Crippen LogP contribution in [-0.2, 0) is 14.3 Å². The first kappa shape index (κ1) is 16.6. The first-order valence-corrected chi connectivity index (χ1v) is 7.93. The summed E-state index contributed by atoms with van der Waals surface area (Å²) in [6.07, 6.45) is 0.459. The van der Waals surface area contributed by atoms with Gasteiger partial charge in [0.25, 0.3) is 0 Å². The number of carbonyl (C=O) groups excluding carboxylic acids is 2. The summed E-state index contributed by atoms with van der Waals surface area (Å²) >= 11 is 1.13. The first-order valence-electron chi connectivity index (χ1n) is 7.12. The molecule has 1 aliphatic heterocycles. The molecule has 1 aliphatic carbocycles. The Kier molecular flexibility index (Phi) is 3.90. The van der Waals surface area contributed by atoms with E-state index >= 15 is 0 Å². The number of hydrogen-bond donors (Lipinski definition) is 2. The number of nitrogen functional groups attached to an aromatic ring is 1. The van der Waals surface area contributed by atoms with Crippen molar-refractivity contribution in [1.29, 1.82) is 0 Å². The van der Waals surface area contributed by atoms with E-state index in [-0.39, 0.29) is 27.9 Å². The number of methoxy groups -OCH3 is 2. The van der Waals surface area contributed by atoms with E-state index < -0.39 is 28.5 Å². The lowest BCUT2D eigenvalue weighted by atomic mass is 9.97. The highest BCUT2D eigenvalue weighted by Gasteiger charge is 2.67. The molecule has 0 aromatic heterocycles. The Labute approximate surface area is 141 Å². The molecule has 1 fully saturated rings. The number of thioether (sulfide) groups is 1. The van der Waals surface area contributed by atoms with Crippen molar-refractivity contribution in [3.05, 3.63) is 29.1 Å². The average molecular weight is 353 g/mol. The summed E-state index contributed by atoms with van der Waals surface area (Å²) in [7, 11) is 2.45. The third kappa shape index (κ3) is 2.39. The van der Waals surface area contributed by atoms with Gasteiger partial charge in [-0.1, -0.05) is 11.8 Å². The molecule has 1 aromatic rings. The first-order chi connectivity index (χ1) is 11.3. The van der Waals surface area contributed by atoms with Crippen LogP contribution < -0.4 is 11.5 Å². The molecule has 2 aliphatic rings. The van der Waals surface area contributed by atoms with E-state index in [2.05, 4.69) is 9.73 Å². The summed E-state index contributed by atoms with van der Waals surface area (Å²) in [5, 5.41) is 0.167. The minimum atomic E-state index is -0.853. The molecule has 3 rings (SSSR count). The summed E-state index contributed by atoms with van der Waals surface area (Å²) in [5.74, 6) is -2.30. The molecular weight excluding hydrogens is 337 g/mol. The number of halogens is 1. The van der Waals surface area contributed by atoms with E-state index in [0.29, 0.717) is 6.42 Å². The molecule has 4 N–H and O–H groups in total. The van der Waals surface area contributed by atoms with Crippen molar-refractivity contribution in [3.8, 4) is 0 Å². The number of esters is 2. The third-order valence-corrected chi connectivity index (χ3v) is 5.59. The standard InChI is InChI=1S/C15H16FN3O4S/c1-22-12(20)8-4-6(17)3-7(10(8)16)11-9-5-15(9,13(21)23-2)24-14(18)19-11/h3-4,9,11H,5,17H2,1-2H3,(H2,18,19)/t9-,11+,15-/m0/s1. The fourth-order valence-electron chi connectivity index (χ4n) is 3.07. The van der Waals surface area contributed by atoms with Crippen molar-refractivity contribution in [2.75, 3.05) is 20.0 Å². The van der Waals surface area contributed by atoms with Crippen molar-refractivity contribution < 1.29 is 23.5 Å². The van der Waals surface area contributed by atoms with Crippen LogP contribution >= 0.6 is 11.8 Å². The van der Waals surface area contributed by atoms with E-state index in [1.54, 1.807) is 0 Å². The normalized spacial score (nSPS) is 27.7. The third-order valence-electron chi connectivity index (χ3n) is 4.27. The SMILES string of the molecule is COC(=O)c1cc(N)cc([C@H]2N=C(N)S[C@@]3(C(=O)OC)C[C@@H]23)c1F. The Balaban J connectivity index is 2.07. The predicted octanol–water partition coefficient (Wildman–Crippen LogP) is 1.23. The summed E-state index contributed by atoms with van der Waals surface area (Å²) in [6, 6.07) is 1.90. The van der Waals surface area contributed by atoms with Gasteiger partial charge in [0.2, 0.25) is 0 Å². The van der Waals surface area contributed by atoms with E-state index in [1.165, 1.54) is 19.2 Å². The van der Waals surface area contributed by atoms with Crippen molar-refractivity contribution in [2.24, 2.45) is 16.6 Å². The second kappa shape index (κ2) is 5.66. The van der Waals surface area contributed by atoms with Crippen molar-refractivity contribution in [2.45, 2.75) is 17.2 Å². The molecule has 1 heterocycles. The molecule has 0 spiro atoms. The number of benzene rings is 1. The second-order valence-corrected chi connectivity index (χ2v) is 7.02. The number of aliphatic imine (C=N–C) groups is 1. The van der Waals surface area contributed by atoms with Gasteiger partial charge in [-0.25, -0.2) is 9.18 Å². The molecule has 0 unspecified atom stereocenters. The number of amidine groups is 1. The van der Waals surface area contributed by atoms with Gasteiger partial charge in [0.05, 0.1) is 25.8 Å². The van der Waals surface area contributed by atoms with Crippen molar-refractivity contribution >= 4 is 34.6 Å². The van der Waals surface area contributed by atoms with Gasteiger partial charge in [0.15, 0.2) is 5.17 Å². The van der Waals surface area contributed by atoms with Gasteiger partial charge in [-0.3, -0.25) is 9.79 Å². The Morgan fingerprint density at radius 1 is 1.33 bits per heavy atom. The predicted molar refractivity (Wildman–Crippen MR) is 87.0 cm³/mol. The van der Waals surface area contributed by atoms with Gasteiger partial charge in [0, 0.05) is 17.2 Å². The molecule has 0 saturated heterocycles. The minimum absolute atomic E-state index is 0.120. The van der Waals surface area contributed by atoms with Crippen LogP contribution in [0.15, 0.2) is 17.1 Å². The number of nitrogens with two attached hydrogens (primary N) is 2. The average Bonchev–Trinajstić information content (AvgIpc) is 3.29. The van der Waals surface area contributed by atoms with E-state index in [0.717, 1.165) is 18.9 Å². The van der Waals surface area contributed by atoms with Crippen molar-refractivity contribution in [3.63, 3.8) is 0 Å². The Bertz CT molecular complexity index is 769. The fourth-order valence-corrected chi connectivity index (χ4v) is 4.32. The van der Waals surface area contributed by atoms with Crippen LogP contribution in [0.3, 0.4) is 0 Å². The highest BCUT2D eigenvalue weighted by molar-refractivity contribution is 8.15. The van der Waals surface area contributed by atoms with Crippen LogP contribution in [0.4, 0.5) is 10.1 Å². The monoisotopic (exact) mass is 353 g/mol. The summed E-state index contributed by atoms with van der Waals surface area (Å²) in [6.45, 7) is 0. The van der Waals surface area contributed by atoms with Crippen LogP contribution in [0.25, 0.3) is 0 Å². The Morgan fingerprint density at radius 3 is 2.67 bits per heavy atom. The molecule has 3 atom stereocenters. The van der Waals surface area contributed by atoms with Gasteiger partial charge in [0.1, 0.15) is 10.6 Å². The lowest BCUT2D eigenvalue weighted by molar-refractivity contribution is -0.141. The summed E-state index contributed by atoms with van der Waals surface area (Å²) in [5.41, 5.74) is 11.7. The molecule has 1 saturated carbocycles. The van der Waals surface area contributed by atoms with Crippen LogP contribution in [0.5, 0.6) is 0 Å². The number of hydrogen-bond acceptors (Lipinski definition) is 8. The number of nitrogens with zero attached hydrogens (tertiary/aromatic N) is 1. The summed E-state index contributed by atoms with van der Waals surface area (Å²) < 4.78 is 23.4. The van der Waals surface area contributed by atoms with Gasteiger partial charge >= 0.3 is 11.9 Å². The number of rotatable bonds is 3. The molecule has 7 nitrogen and oxygen atoms in total. The van der Waals surface area contributed by atoms with Crippen LogP contribution in [0, 0.1) is 11.7 Å². The number of fused-ring (bicyclic) bond motifs is 1. The van der Waals surface area contributed by atoms with Crippen LogP contribution in [0.1, 0.15) is 28.4 Å². The fraction of sp³-hybridized carbons (Fsp3) is 0.400. The number of carbonyl (C=O) groups is 2. The molecule has 0 amide bonds. The highest BCUT2D eigenvalue weighted by atomic mass is 32.2. The number of anilines is 1. The number of ether oxygens (including phenoxy) is 2. The molecule has 9 heteroatoms. The molecular formula is C15H16FN3O4S. The second-order valence-electron chi connectivity index (χ2n) is 5.67. The molecule has 0 radical (unpaired) electrons. The quantitative estimate of drug-likeness (QED) is 0.620. The van der Waals surface area contributed by atoms with Crippen molar-refractivity contribution in [1.82, 2.24) is 0 Å². The van der Waals surface area contributed by atoms with Crippen LogP contribution in [0.2, 0.25) is 0 Å². The maximum Gasteiger partial charge on any atom is 0.340 e. The topological polar surface area (TPSA) is 117 Å². The van der Waals surface area contributed by atoms with Gasteiger partial charge < -0.3 is 20.9 Å². The summed E-state index contributed by atoms with van der Waals surface area (Å²) in [4.78, 5) is 28.1. The minimum Gasteiger partial charge on any atom is -0.468 e. The molecule has 1 aromatic carbocycles. The highest BCUT2D eigenvalue weighted by Crippen LogP contribution is 2.64. The molecule has 128 valence electrons. The lowest BCUT2D eigenvalue weighted by Gasteiger charge is -2.24. The maximum atomic E-state index is 14.8. The van der Waals surface area contributed by atoms with Gasteiger partial charge in [-0.05, 0) is 18.6 Å². The van der Waals surface area contributed by atoms with E-state index in [1.807, 2.05) is 0 Å². The maximum absolute atomic E-state index is 14.8. The molecule has 24 heavy (non-hydrogen) atoms.